The summed E-state index contributed by atoms with van der Waals surface area (Å²) >= 11 is 0. The van der Waals surface area contributed by atoms with Gasteiger partial charge in [-0.1, -0.05) is 12.1 Å². The molecule has 1 saturated heterocycles. The molecule has 1 aromatic heterocycles. The molecule has 3 aliphatic rings. The van der Waals surface area contributed by atoms with E-state index in [1.165, 1.54) is 12.8 Å². The topological polar surface area (TPSA) is 99.6 Å². The summed E-state index contributed by atoms with van der Waals surface area (Å²) in [5.74, 6) is 0.522. The number of hydrogen-bond donors (Lipinski definition) is 2. The summed E-state index contributed by atoms with van der Waals surface area (Å²) in [5.41, 5.74) is 4.18. The molecule has 0 atom stereocenters. The van der Waals surface area contributed by atoms with E-state index >= 15 is 0 Å². The van der Waals surface area contributed by atoms with E-state index in [9.17, 15) is 14.4 Å². The van der Waals surface area contributed by atoms with Crippen molar-refractivity contribution in [2.45, 2.75) is 45.7 Å². The van der Waals surface area contributed by atoms with Crippen LogP contribution in [0.25, 0.3) is 0 Å². The van der Waals surface area contributed by atoms with Crippen LogP contribution in [0.3, 0.4) is 0 Å². The number of fused-ring (bicyclic) bond motifs is 1. The van der Waals surface area contributed by atoms with Gasteiger partial charge in [-0.05, 0) is 43.4 Å². The molecular weight excluding hydrogens is 420 g/mol. The van der Waals surface area contributed by atoms with Crippen molar-refractivity contribution < 1.29 is 14.4 Å². The van der Waals surface area contributed by atoms with Crippen LogP contribution in [0.4, 0.5) is 10.5 Å². The number of nitrogens with zero attached hydrogens (tertiary/aromatic N) is 4. The average molecular weight is 451 g/mol. The second kappa shape index (κ2) is 8.88. The van der Waals surface area contributed by atoms with Crippen LogP contribution in [-0.4, -0.2) is 58.7 Å². The van der Waals surface area contributed by atoms with Crippen molar-refractivity contribution in [2.24, 2.45) is 5.92 Å². The summed E-state index contributed by atoms with van der Waals surface area (Å²) in [6.45, 7) is 5.63. The molecule has 2 fully saturated rings. The first kappa shape index (κ1) is 21.5. The van der Waals surface area contributed by atoms with Gasteiger partial charge in [0.2, 0.25) is 5.91 Å². The van der Waals surface area contributed by atoms with E-state index in [1.807, 2.05) is 40.8 Å². The van der Waals surface area contributed by atoms with Crippen LogP contribution < -0.4 is 15.5 Å². The second-order valence-corrected chi connectivity index (χ2v) is 9.05. The summed E-state index contributed by atoms with van der Waals surface area (Å²) < 4.78 is 2.01. The molecule has 2 N–H and O–H groups in total. The van der Waals surface area contributed by atoms with Gasteiger partial charge in [0.25, 0.3) is 5.91 Å². The van der Waals surface area contributed by atoms with Crippen LogP contribution in [0.15, 0.2) is 24.3 Å². The molecule has 2 aromatic rings. The van der Waals surface area contributed by atoms with Gasteiger partial charge in [-0.3, -0.25) is 19.2 Å². The molecule has 4 amide bonds. The predicted octanol–water partition coefficient (Wildman–Crippen LogP) is 1.70. The normalized spacial score (nSPS) is 17.7. The highest BCUT2D eigenvalue weighted by Gasteiger charge is 2.32. The van der Waals surface area contributed by atoms with Crippen molar-refractivity contribution in [1.82, 2.24) is 25.3 Å². The Balaban J connectivity index is 1.29. The second-order valence-electron chi connectivity index (χ2n) is 9.05. The molecule has 5 rings (SSSR count). The number of carbonyl (C=O) groups excluding carboxylic acids is 3. The van der Waals surface area contributed by atoms with E-state index in [1.54, 1.807) is 4.90 Å². The molecule has 0 radical (unpaired) electrons. The van der Waals surface area contributed by atoms with E-state index in [-0.39, 0.29) is 24.3 Å². The van der Waals surface area contributed by atoms with Gasteiger partial charge in [-0.2, -0.15) is 5.10 Å². The number of rotatable bonds is 7. The van der Waals surface area contributed by atoms with Gasteiger partial charge in [0.05, 0.1) is 6.42 Å². The van der Waals surface area contributed by atoms with Crippen molar-refractivity contribution in [2.75, 3.05) is 31.1 Å². The molecule has 9 nitrogen and oxygen atoms in total. The van der Waals surface area contributed by atoms with Crippen molar-refractivity contribution in [3.63, 3.8) is 0 Å². The Morgan fingerprint density at radius 2 is 1.97 bits per heavy atom. The molecule has 0 bridgehead atoms. The van der Waals surface area contributed by atoms with Gasteiger partial charge in [-0.15, -0.1) is 0 Å². The van der Waals surface area contributed by atoms with Crippen LogP contribution in [0.2, 0.25) is 0 Å². The minimum atomic E-state index is -0.167. The van der Waals surface area contributed by atoms with Crippen LogP contribution in [0.1, 0.15) is 47.1 Å². The molecular formula is C24H30N6O3. The Bertz CT molecular complexity index is 1070. The zero-order chi connectivity index (χ0) is 22.9. The van der Waals surface area contributed by atoms with Crippen LogP contribution >= 0.6 is 0 Å². The first-order chi connectivity index (χ1) is 16.0. The van der Waals surface area contributed by atoms with Gasteiger partial charge >= 0.3 is 6.03 Å². The van der Waals surface area contributed by atoms with Crippen molar-refractivity contribution >= 4 is 23.5 Å². The number of anilines is 1. The van der Waals surface area contributed by atoms with Crippen LogP contribution in [0.5, 0.6) is 0 Å². The fraction of sp³-hybridized carbons (Fsp3) is 0.500. The van der Waals surface area contributed by atoms with Gasteiger partial charge in [0.15, 0.2) is 5.69 Å². The smallest absolute Gasteiger partial charge is 0.321 e. The minimum Gasteiger partial charge on any atom is -0.351 e. The number of urea groups is 1. The SMILES string of the molecule is CCNC(=O)c1nn(CC2CC2)c2c1CN(C(=O)Cc1ccc(N3CCNC3=O)cc1)CC2. The quantitative estimate of drug-likeness (QED) is 0.671. The van der Waals surface area contributed by atoms with E-state index in [0.29, 0.717) is 50.8 Å². The Labute approximate surface area is 193 Å². The maximum atomic E-state index is 13.1. The fourth-order valence-electron chi connectivity index (χ4n) is 4.62. The Morgan fingerprint density at radius 1 is 1.18 bits per heavy atom. The fourth-order valence-corrected chi connectivity index (χ4v) is 4.62. The highest BCUT2D eigenvalue weighted by molar-refractivity contribution is 5.95. The molecule has 174 valence electrons. The van der Waals surface area contributed by atoms with Gasteiger partial charge in [0.1, 0.15) is 0 Å². The van der Waals surface area contributed by atoms with E-state index in [2.05, 4.69) is 15.7 Å². The third kappa shape index (κ3) is 4.44. The number of benzene rings is 1. The predicted molar refractivity (Wildman–Crippen MR) is 123 cm³/mol. The molecule has 0 unspecified atom stereocenters. The molecule has 1 saturated carbocycles. The van der Waals surface area contributed by atoms with E-state index in [4.69, 9.17) is 0 Å². The van der Waals surface area contributed by atoms with Crippen molar-refractivity contribution in [3.05, 3.63) is 46.8 Å². The lowest BCUT2D eigenvalue weighted by atomic mass is 10.0. The monoisotopic (exact) mass is 450 g/mol. The maximum Gasteiger partial charge on any atom is 0.321 e. The highest BCUT2D eigenvalue weighted by atomic mass is 16.2. The largest absolute Gasteiger partial charge is 0.351 e. The summed E-state index contributed by atoms with van der Waals surface area (Å²) in [6, 6.07) is 7.49. The standard InChI is InChI=1S/C24H30N6O3/c1-2-25-23(32)22-19-15-28(11-9-20(19)30(27-22)14-17-3-4-17)21(31)13-16-5-7-18(8-6-16)29-12-10-26-24(29)33/h5-8,17H,2-4,9-15H2,1H3,(H,25,32)(H,26,33). The number of nitrogens with one attached hydrogen (secondary N) is 2. The Kier molecular flexibility index (Phi) is 5.78. The molecule has 2 aliphatic heterocycles. The first-order valence-electron chi connectivity index (χ1n) is 11.8. The first-order valence-corrected chi connectivity index (χ1v) is 11.8. The lowest BCUT2D eigenvalue weighted by Gasteiger charge is -2.28. The van der Waals surface area contributed by atoms with Crippen molar-refractivity contribution in [1.29, 1.82) is 0 Å². The summed E-state index contributed by atoms with van der Waals surface area (Å²) in [6.07, 6.45) is 3.44. The zero-order valence-electron chi connectivity index (χ0n) is 19.0. The van der Waals surface area contributed by atoms with E-state index < -0.39 is 0 Å². The lowest BCUT2D eigenvalue weighted by Crippen LogP contribution is -2.38. The number of aromatic nitrogens is 2. The Hall–Kier alpha value is -3.36. The van der Waals surface area contributed by atoms with E-state index in [0.717, 1.165) is 29.1 Å². The van der Waals surface area contributed by atoms with Crippen LogP contribution in [0, 0.1) is 5.92 Å². The Morgan fingerprint density at radius 3 is 2.64 bits per heavy atom. The van der Waals surface area contributed by atoms with Crippen molar-refractivity contribution in [3.8, 4) is 0 Å². The van der Waals surface area contributed by atoms with Gasteiger partial charge < -0.3 is 15.5 Å². The molecule has 1 aromatic carbocycles. The third-order valence-electron chi connectivity index (χ3n) is 6.63. The lowest BCUT2D eigenvalue weighted by molar-refractivity contribution is -0.131. The molecule has 3 heterocycles. The molecule has 0 spiro atoms. The summed E-state index contributed by atoms with van der Waals surface area (Å²) in [7, 11) is 0. The number of carbonyl (C=O) groups is 3. The summed E-state index contributed by atoms with van der Waals surface area (Å²) in [4.78, 5) is 41.1. The number of amides is 4. The van der Waals surface area contributed by atoms with Gasteiger partial charge in [0, 0.05) is 62.6 Å². The third-order valence-corrected chi connectivity index (χ3v) is 6.63. The minimum absolute atomic E-state index is 0.0316. The molecule has 9 heteroatoms. The zero-order valence-corrected chi connectivity index (χ0v) is 19.0. The molecule has 33 heavy (non-hydrogen) atoms. The highest BCUT2D eigenvalue weighted by Crippen LogP contribution is 2.32. The summed E-state index contributed by atoms with van der Waals surface area (Å²) in [5, 5.41) is 10.3. The number of hydrogen-bond acceptors (Lipinski definition) is 4. The van der Waals surface area contributed by atoms with Crippen LogP contribution in [-0.2, 0) is 30.7 Å². The average Bonchev–Trinajstić information content (AvgIpc) is 3.42. The maximum absolute atomic E-state index is 13.1. The molecule has 1 aliphatic carbocycles. The van der Waals surface area contributed by atoms with Gasteiger partial charge in [-0.25, -0.2) is 4.79 Å².